The Hall–Kier alpha value is -3.21. The standard InChI is InChI=1S/C18H12FN3O/c19-15-10-4-5-11-16(15)23-22-18-14(9-6-12-20-18)17(21-22)13-7-2-1-3-8-13/h1-12H. The zero-order valence-electron chi connectivity index (χ0n) is 12.1. The first-order valence-corrected chi connectivity index (χ1v) is 7.15. The number of aromatic nitrogens is 3. The lowest BCUT2D eigenvalue weighted by Gasteiger charge is -2.05. The van der Waals surface area contributed by atoms with Crippen LogP contribution < -0.4 is 4.84 Å². The van der Waals surface area contributed by atoms with Crippen LogP contribution in [0, 0.1) is 5.82 Å². The van der Waals surface area contributed by atoms with Crippen molar-refractivity contribution in [3.8, 4) is 17.0 Å². The Morgan fingerprint density at radius 3 is 2.48 bits per heavy atom. The van der Waals surface area contributed by atoms with Crippen LogP contribution in [0.4, 0.5) is 4.39 Å². The molecule has 0 N–H and O–H groups in total. The summed E-state index contributed by atoms with van der Waals surface area (Å²) in [6.07, 6.45) is 1.65. The molecule has 4 rings (SSSR count). The van der Waals surface area contributed by atoms with Crippen LogP contribution in [0.25, 0.3) is 22.3 Å². The number of fused-ring (bicyclic) bond motifs is 1. The van der Waals surface area contributed by atoms with E-state index in [9.17, 15) is 4.39 Å². The molecular formula is C18H12FN3O. The van der Waals surface area contributed by atoms with Crippen molar-refractivity contribution >= 4 is 11.0 Å². The minimum Gasteiger partial charge on any atom is -0.353 e. The van der Waals surface area contributed by atoms with Crippen molar-refractivity contribution < 1.29 is 9.23 Å². The van der Waals surface area contributed by atoms with Gasteiger partial charge in [-0.3, -0.25) is 0 Å². The number of rotatable bonds is 3. The molecule has 0 unspecified atom stereocenters. The molecule has 2 aromatic heterocycles. The van der Waals surface area contributed by atoms with Gasteiger partial charge in [0, 0.05) is 11.8 Å². The maximum Gasteiger partial charge on any atom is 0.200 e. The second-order valence-corrected chi connectivity index (χ2v) is 4.98. The van der Waals surface area contributed by atoms with Crippen LogP contribution in [-0.2, 0) is 0 Å². The Balaban J connectivity index is 1.87. The molecule has 0 fully saturated rings. The van der Waals surface area contributed by atoms with Crippen LogP contribution in [0.2, 0.25) is 0 Å². The average Bonchev–Trinajstić information content (AvgIpc) is 2.97. The fourth-order valence-corrected chi connectivity index (χ4v) is 2.41. The van der Waals surface area contributed by atoms with Gasteiger partial charge in [0.25, 0.3) is 0 Å². The van der Waals surface area contributed by atoms with Crippen molar-refractivity contribution in [3.63, 3.8) is 0 Å². The Kier molecular flexibility index (Phi) is 3.24. The highest BCUT2D eigenvalue weighted by Crippen LogP contribution is 2.27. The van der Waals surface area contributed by atoms with Crippen molar-refractivity contribution in [3.05, 3.63) is 78.7 Å². The van der Waals surface area contributed by atoms with Gasteiger partial charge in [0.2, 0.25) is 0 Å². The van der Waals surface area contributed by atoms with E-state index in [1.54, 1.807) is 24.4 Å². The number of nitrogens with zero attached hydrogens (tertiary/aromatic N) is 3. The summed E-state index contributed by atoms with van der Waals surface area (Å²) in [5.74, 6) is -0.351. The monoisotopic (exact) mass is 305 g/mol. The van der Waals surface area contributed by atoms with Crippen LogP contribution in [-0.4, -0.2) is 14.9 Å². The molecule has 5 heteroatoms. The number of pyridine rings is 1. The van der Waals surface area contributed by atoms with E-state index in [2.05, 4.69) is 10.1 Å². The van der Waals surface area contributed by atoms with Crippen LogP contribution in [0.15, 0.2) is 72.9 Å². The molecule has 0 atom stereocenters. The lowest BCUT2D eigenvalue weighted by atomic mass is 10.1. The van der Waals surface area contributed by atoms with Gasteiger partial charge < -0.3 is 4.84 Å². The molecule has 4 nitrogen and oxygen atoms in total. The average molecular weight is 305 g/mol. The van der Waals surface area contributed by atoms with Gasteiger partial charge in [-0.25, -0.2) is 9.37 Å². The quantitative estimate of drug-likeness (QED) is 0.572. The van der Waals surface area contributed by atoms with Gasteiger partial charge in [-0.1, -0.05) is 47.3 Å². The second-order valence-electron chi connectivity index (χ2n) is 4.98. The van der Waals surface area contributed by atoms with Gasteiger partial charge in [0.05, 0.1) is 5.39 Å². The Bertz CT molecular complexity index is 966. The molecule has 112 valence electrons. The first-order valence-electron chi connectivity index (χ1n) is 7.15. The summed E-state index contributed by atoms with van der Waals surface area (Å²) in [5.41, 5.74) is 2.22. The van der Waals surface area contributed by atoms with E-state index in [0.29, 0.717) is 5.65 Å². The molecule has 0 amide bonds. The molecule has 0 aliphatic carbocycles. The van der Waals surface area contributed by atoms with E-state index in [-0.39, 0.29) is 5.75 Å². The van der Waals surface area contributed by atoms with Crippen LogP contribution in [0.3, 0.4) is 0 Å². The first kappa shape index (κ1) is 13.5. The normalized spacial score (nSPS) is 10.8. The third-order valence-electron chi connectivity index (χ3n) is 3.48. The van der Waals surface area contributed by atoms with Gasteiger partial charge in [0.15, 0.2) is 17.2 Å². The van der Waals surface area contributed by atoms with Gasteiger partial charge in [-0.15, -0.1) is 5.10 Å². The van der Waals surface area contributed by atoms with Crippen molar-refractivity contribution in [1.29, 1.82) is 0 Å². The lowest BCUT2D eigenvalue weighted by molar-refractivity contribution is 0.181. The summed E-state index contributed by atoms with van der Waals surface area (Å²) in [4.78, 5) is 11.2. The van der Waals surface area contributed by atoms with E-state index in [4.69, 9.17) is 4.84 Å². The predicted octanol–water partition coefficient (Wildman–Crippen LogP) is 4.08. The first-order chi connectivity index (χ1) is 11.3. The molecule has 0 bridgehead atoms. The van der Waals surface area contributed by atoms with E-state index < -0.39 is 5.82 Å². The smallest absolute Gasteiger partial charge is 0.200 e. The van der Waals surface area contributed by atoms with Gasteiger partial charge in [-0.05, 0) is 24.3 Å². The highest BCUT2D eigenvalue weighted by Gasteiger charge is 2.15. The summed E-state index contributed by atoms with van der Waals surface area (Å²) >= 11 is 0. The summed E-state index contributed by atoms with van der Waals surface area (Å²) in [6.45, 7) is 0. The van der Waals surface area contributed by atoms with E-state index in [1.165, 1.54) is 10.9 Å². The van der Waals surface area contributed by atoms with E-state index in [1.807, 2.05) is 42.5 Å². The topological polar surface area (TPSA) is 39.9 Å². The Labute approximate surface area is 131 Å². The van der Waals surface area contributed by atoms with Crippen molar-refractivity contribution in [2.75, 3.05) is 0 Å². The molecule has 2 heterocycles. The number of benzene rings is 2. The van der Waals surface area contributed by atoms with E-state index >= 15 is 0 Å². The summed E-state index contributed by atoms with van der Waals surface area (Å²) in [5, 5.41) is 5.30. The summed E-state index contributed by atoms with van der Waals surface area (Å²) < 4.78 is 13.8. The van der Waals surface area contributed by atoms with E-state index in [0.717, 1.165) is 16.6 Å². The molecule has 0 radical (unpaired) electrons. The molecule has 4 aromatic rings. The molecule has 0 aliphatic heterocycles. The highest BCUT2D eigenvalue weighted by molar-refractivity contribution is 5.90. The van der Waals surface area contributed by atoms with Gasteiger partial charge in [0.1, 0.15) is 5.69 Å². The molecule has 0 spiro atoms. The Morgan fingerprint density at radius 1 is 0.870 bits per heavy atom. The molecule has 23 heavy (non-hydrogen) atoms. The van der Waals surface area contributed by atoms with Gasteiger partial charge >= 0.3 is 0 Å². The summed E-state index contributed by atoms with van der Waals surface area (Å²) in [6, 6.07) is 19.7. The Morgan fingerprint density at radius 2 is 1.65 bits per heavy atom. The third-order valence-corrected chi connectivity index (χ3v) is 3.48. The maximum atomic E-state index is 13.8. The highest BCUT2D eigenvalue weighted by atomic mass is 19.1. The minimum atomic E-state index is -0.451. The largest absolute Gasteiger partial charge is 0.353 e. The lowest BCUT2D eigenvalue weighted by Crippen LogP contribution is -2.08. The molecule has 0 saturated carbocycles. The molecular weight excluding hydrogens is 293 g/mol. The van der Waals surface area contributed by atoms with Crippen LogP contribution in [0.1, 0.15) is 0 Å². The fraction of sp³-hybridized carbons (Fsp3) is 0. The number of hydrogen-bond donors (Lipinski definition) is 0. The fourth-order valence-electron chi connectivity index (χ4n) is 2.41. The van der Waals surface area contributed by atoms with Crippen molar-refractivity contribution in [1.82, 2.24) is 14.9 Å². The van der Waals surface area contributed by atoms with Crippen LogP contribution in [0.5, 0.6) is 5.75 Å². The maximum absolute atomic E-state index is 13.8. The third kappa shape index (κ3) is 2.42. The number of hydrogen-bond acceptors (Lipinski definition) is 3. The molecule has 0 saturated heterocycles. The summed E-state index contributed by atoms with van der Waals surface area (Å²) in [7, 11) is 0. The van der Waals surface area contributed by atoms with Gasteiger partial charge in [-0.2, -0.15) is 0 Å². The zero-order chi connectivity index (χ0) is 15.6. The minimum absolute atomic E-state index is 0.0992. The molecule has 2 aromatic carbocycles. The van der Waals surface area contributed by atoms with Crippen molar-refractivity contribution in [2.24, 2.45) is 0 Å². The number of para-hydroxylation sites is 1. The second kappa shape index (κ2) is 5.53. The zero-order valence-corrected chi connectivity index (χ0v) is 12.1. The van der Waals surface area contributed by atoms with Crippen LogP contribution >= 0.6 is 0 Å². The molecule has 0 aliphatic rings. The van der Waals surface area contributed by atoms with Crippen molar-refractivity contribution in [2.45, 2.75) is 0 Å². The predicted molar refractivity (Wildman–Crippen MR) is 85.4 cm³/mol. The SMILES string of the molecule is Fc1ccccc1On1nc(-c2ccccc2)c2cccnc21. The number of halogens is 1.